The van der Waals surface area contributed by atoms with E-state index < -0.39 is 0 Å². The monoisotopic (exact) mass is 169 g/mol. The maximum Gasteiger partial charge on any atom is 0.123 e. The highest BCUT2D eigenvalue weighted by atomic mass is 32.2. The van der Waals surface area contributed by atoms with E-state index in [-0.39, 0.29) is 5.82 Å². The molecule has 0 fully saturated rings. The van der Waals surface area contributed by atoms with Gasteiger partial charge in [0.05, 0.1) is 0 Å². The van der Waals surface area contributed by atoms with Crippen LogP contribution in [-0.2, 0) is 0 Å². The Morgan fingerprint density at radius 3 is 2.55 bits per heavy atom. The van der Waals surface area contributed by atoms with E-state index in [0.29, 0.717) is 0 Å². The Kier molecular flexibility index (Phi) is 3.43. The van der Waals surface area contributed by atoms with Crippen molar-refractivity contribution >= 4 is 11.8 Å². The van der Waals surface area contributed by atoms with Crippen molar-refractivity contribution in [2.75, 3.05) is 0 Å². The Balaban J connectivity index is 2.52. The zero-order chi connectivity index (χ0) is 8.10. The molecule has 0 nitrogen and oxygen atoms in total. The van der Waals surface area contributed by atoms with Crippen LogP contribution in [0.25, 0.3) is 0 Å². The van der Waals surface area contributed by atoms with Crippen LogP contribution in [-0.4, -0.2) is 0 Å². The number of benzene rings is 1. The summed E-state index contributed by atoms with van der Waals surface area (Å²) in [6.45, 7) is 2.08. The minimum atomic E-state index is -0.175. The topological polar surface area (TPSA) is 0 Å². The van der Waals surface area contributed by atoms with Crippen molar-refractivity contribution in [1.29, 1.82) is 0 Å². The van der Waals surface area contributed by atoms with E-state index in [1.165, 1.54) is 12.1 Å². The first-order chi connectivity index (χ1) is 5.33. The fraction of sp³-hybridized carbons (Fsp3) is 0.222. The zero-order valence-electron chi connectivity index (χ0n) is 6.38. The Morgan fingerprint density at radius 1 is 1.36 bits per heavy atom. The van der Waals surface area contributed by atoms with E-state index in [2.05, 4.69) is 12.7 Å². The molecule has 0 aliphatic heterocycles. The summed E-state index contributed by atoms with van der Waals surface area (Å²) in [6, 6.07) is 6.52. The molecule has 2 heteroatoms. The Morgan fingerprint density at radius 2 is 2.00 bits per heavy atom. The van der Waals surface area contributed by atoms with Crippen LogP contribution in [0.4, 0.5) is 4.39 Å². The highest BCUT2D eigenvalue weighted by Gasteiger charge is 1.92. The van der Waals surface area contributed by atoms with Gasteiger partial charge in [0, 0.05) is 10.6 Å². The van der Waals surface area contributed by atoms with Gasteiger partial charge in [0.15, 0.2) is 0 Å². The van der Waals surface area contributed by atoms with Gasteiger partial charge in [-0.1, -0.05) is 6.92 Å². The largest absolute Gasteiger partial charge is 0.207 e. The van der Waals surface area contributed by atoms with Crippen molar-refractivity contribution < 1.29 is 4.39 Å². The average molecular weight is 169 g/mol. The first-order valence-electron chi connectivity index (χ1n) is 3.57. The lowest BCUT2D eigenvalue weighted by Crippen LogP contribution is -1.73. The molecule has 0 aliphatic carbocycles. The third-order valence-electron chi connectivity index (χ3n) is 1.20. The summed E-state index contributed by atoms with van der Waals surface area (Å²) in [6.07, 6.45) is 1.03. The lowest BCUT2D eigenvalue weighted by Gasteiger charge is -1.97. The molecule has 0 saturated heterocycles. The predicted octanol–water partition coefficient (Wildman–Crippen LogP) is 3.49. The number of halogens is 1. The second-order valence-electron chi connectivity index (χ2n) is 2.15. The van der Waals surface area contributed by atoms with Crippen LogP contribution in [0.3, 0.4) is 0 Å². The first-order valence-corrected chi connectivity index (χ1v) is 4.45. The molecule has 0 amide bonds. The van der Waals surface area contributed by atoms with Crippen LogP contribution < -0.4 is 0 Å². The first kappa shape index (κ1) is 8.60. The van der Waals surface area contributed by atoms with Crippen LogP contribution >= 0.6 is 11.8 Å². The van der Waals surface area contributed by atoms with E-state index in [1.807, 2.05) is 0 Å². The molecule has 1 rings (SSSR count). The fourth-order valence-electron chi connectivity index (χ4n) is 0.693. The van der Waals surface area contributed by atoms with Crippen LogP contribution in [0, 0.1) is 11.6 Å². The molecule has 1 aromatic carbocycles. The van der Waals surface area contributed by atoms with Crippen molar-refractivity contribution in [3.05, 3.63) is 35.8 Å². The van der Waals surface area contributed by atoms with Gasteiger partial charge in [-0.05, 0) is 30.7 Å². The molecule has 0 saturated carbocycles. The van der Waals surface area contributed by atoms with E-state index in [9.17, 15) is 4.39 Å². The molecule has 0 spiro atoms. The minimum absolute atomic E-state index is 0.175. The van der Waals surface area contributed by atoms with Gasteiger partial charge in [-0.15, -0.1) is 11.8 Å². The highest BCUT2D eigenvalue weighted by molar-refractivity contribution is 8.01. The summed E-state index contributed by atoms with van der Waals surface area (Å²) in [5.74, 6) is 1.92. The maximum atomic E-state index is 12.4. The third kappa shape index (κ3) is 2.93. The average Bonchev–Trinajstić information content (AvgIpc) is 2.04. The quantitative estimate of drug-likeness (QED) is 0.624. The number of hydrogen-bond donors (Lipinski definition) is 0. The van der Waals surface area contributed by atoms with Crippen LogP contribution in [0.5, 0.6) is 0 Å². The van der Waals surface area contributed by atoms with E-state index >= 15 is 0 Å². The van der Waals surface area contributed by atoms with Crippen molar-refractivity contribution in [1.82, 2.24) is 0 Å². The van der Waals surface area contributed by atoms with E-state index in [1.54, 1.807) is 23.9 Å². The Labute approximate surface area is 70.8 Å². The number of thioether (sulfide) groups is 1. The maximum absolute atomic E-state index is 12.4. The smallest absolute Gasteiger partial charge is 0.123 e. The Hall–Kier alpha value is -0.500. The Bertz CT molecular complexity index is 205. The van der Waals surface area contributed by atoms with Crippen molar-refractivity contribution in [3.63, 3.8) is 0 Å². The summed E-state index contributed by atoms with van der Waals surface area (Å²) < 4.78 is 12.4. The molecule has 11 heavy (non-hydrogen) atoms. The minimum Gasteiger partial charge on any atom is -0.207 e. The molecule has 0 aliphatic rings. The van der Waals surface area contributed by atoms with Crippen LogP contribution in [0.15, 0.2) is 29.2 Å². The van der Waals surface area contributed by atoms with Crippen molar-refractivity contribution in [3.8, 4) is 0 Å². The third-order valence-corrected chi connectivity index (χ3v) is 2.24. The van der Waals surface area contributed by atoms with Gasteiger partial charge in [0.2, 0.25) is 0 Å². The van der Waals surface area contributed by atoms with Crippen molar-refractivity contribution in [2.45, 2.75) is 18.2 Å². The molecule has 59 valence electrons. The van der Waals surface area contributed by atoms with Crippen LogP contribution in [0.2, 0.25) is 0 Å². The van der Waals surface area contributed by atoms with Gasteiger partial charge in [0.25, 0.3) is 0 Å². The molecule has 1 aromatic rings. The number of hydrogen-bond acceptors (Lipinski definition) is 1. The molecule has 0 bridgehead atoms. The van der Waals surface area contributed by atoms with Gasteiger partial charge in [0.1, 0.15) is 5.82 Å². The standard InChI is InChI=1S/C9H10FS/c1-2-7-11-9-5-3-8(10)4-6-9/h3-7H,2H2,1H3. The fourth-order valence-corrected chi connectivity index (χ4v) is 1.35. The van der Waals surface area contributed by atoms with Gasteiger partial charge < -0.3 is 0 Å². The molecule has 0 N–H and O–H groups in total. The predicted molar refractivity (Wildman–Crippen MR) is 46.8 cm³/mol. The lowest BCUT2D eigenvalue weighted by atomic mass is 10.4. The SMILES string of the molecule is CC[CH]Sc1ccc(F)cc1. The molecule has 0 atom stereocenters. The summed E-state index contributed by atoms with van der Waals surface area (Å²) >= 11 is 1.64. The van der Waals surface area contributed by atoms with E-state index in [4.69, 9.17) is 0 Å². The second-order valence-corrected chi connectivity index (χ2v) is 3.19. The second kappa shape index (κ2) is 4.39. The summed E-state index contributed by atoms with van der Waals surface area (Å²) in [5.41, 5.74) is 0. The molecule has 1 radical (unpaired) electrons. The normalized spacial score (nSPS) is 10.0. The molecule has 0 heterocycles. The molecular formula is C9H10FS. The van der Waals surface area contributed by atoms with Gasteiger partial charge in [-0.25, -0.2) is 4.39 Å². The van der Waals surface area contributed by atoms with Crippen molar-refractivity contribution in [2.24, 2.45) is 0 Å². The summed E-state index contributed by atoms with van der Waals surface area (Å²) in [7, 11) is 0. The summed E-state index contributed by atoms with van der Waals surface area (Å²) in [5, 5.41) is 0. The summed E-state index contributed by atoms with van der Waals surface area (Å²) in [4.78, 5) is 1.09. The zero-order valence-corrected chi connectivity index (χ0v) is 7.20. The van der Waals surface area contributed by atoms with Gasteiger partial charge >= 0.3 is 0 Å². The van der Waals surface area contributed by atoms with Gasteiger partial charge in [-0.2, -0.15) is 0 Å². The molecular weight excluding hydrogens is 159 g/mol. The highest BCUT2D eigenvalue weighted by Crippen LogP contribution is 2.21. The van der Waals surface area contributed by atoms with Gasteiger partial charge in [-0.3, -0.25) is 0 Å². The molecule has 0 unspecified atom stereocenters. The molecule has 0 aromatic heterocycles. The van der Waals surface area contributed by atoms with Crippen LogP contribution in [0.1, 0.15) is 13.3 Å². The lowest BCUT2D eigenvalue weighted by molar-refractivity contribution is 0.626. The number of rotatable bonds is 3. The van der Waals surface area contributed by atoms with E-state index in [0.717, 1.165) is 11.3 Å².